The van der Waals surface area contributed by atoms with E-state index in [1.54, 1.807) is 25.3 Å². The molecule has 2 aromatic rings. The number of ether oxygens (including phenoxy) is 1. The van der Waals surface area contributed by atoms with Crippen molar-refractivity contribution >= 4 is 32.4 Å². The predicted molar refractivity (Wildman–Crippen MR) is 81.7 cm³/mol. The molecular formula is C14H14BrNO2S. The monoisotopic (exact) mass is 339 g/mol. The Bertz CT molecular complexity index is 616. The third-order valence-corrected chi connectivity index (χ3v) is 4.59. The molecule has 100 valence electrons. The molecule has 0 radical (unpaired) electrons. The summed E-state index contributed by atoms with van der Waals surface area (Å²) in [6.45, 7) is 0. The van der Waals surface area contributed by atoms with Gasteiger partial charge in [-0.05, 0) is 35.9 Å². The highest BCUT2D eigenvalue weighted by molar-refractivity contribution is 9.10. The van der Waals surface area contributed by atoms with Gasteiger partial charge in [0.25, 0.3) is 0 Å². The molecule has 2 rings (SSSR count). The number of benzene rings is 2. The number of halogens is 1. The van der Waals surface area contributed by atoms with Crippen LogP contribution in [0.25, 0.3) is 0 Å². The minimum atomic E-state index is -1.19. The third-order valence-electron chi connectivity index (χ3n) is 2.65. The summed E-state index contributed by atoms with van der Waals surface area (Å²) in [4.78, 5) is 0.610. The molecule has 0 aromatic heterocycles. The van der Waals surface area contributed by atoms with Gasteiger partial charge in [0, 0.05) is 10.2 Å². The quantitative estimate of drug-likeness (QED) is 0.869. The molecule has 3 nitrogen and oxygen atoms in total. The molecule has 0 saturated carbocycles. The van der Waals surface area contributed by atoms with Gasteiger partial charge in [-0.15, -0.1) is 0 Å². The van der Waals surface area contributed by atoms with Crippen molar-refractivity contribution in [3.63, 3.8) is 0 Å². The molecular weight excluding hydrogens is 326 g/mol. The first kappa shape index (κ1) is 14.1. The Morgan fingerprint density at radius 1 is 1.26 bits per heavy atom. The minimum Gasteiger partial charge on any atom is -0.497 e. The van der Waals surface area contributed by atoms with Crippen LogP contribution in [0.5, 0.6) is 5.75 Å². The number of nitrogens with two attached hydrogens (primary N) is 1. The van der Waals surface area contributed by atoms with Crippen LogP contribution in [-0.4, -0.2) is 11.3 Å². The normalized spacial score (nSPS) is 12.1. The first-order valence-corrected chi connectivity index (χ1v) is 7.77. The van der Waals surface area contributed by atoms with Gasteiger partial charge in [0.05, 0.1) is 28.6 Å². The van der Waals surface area contributed by atoms with Crippen LogP contribution in [0.3, 0.4) is 0 Å². The van der Waals surface area contributed by atoms with Crippen molar-refractivity contribution in [1.82, 2.24) is 0 Å². The summed E-state index contributed by atoms with van der Waals surface area (Å²) in [6, 6.07) is 13.0. The number of hydrogen-bond donors (Lipinski definition) is 1. The van der Waals surface area contributed by atoms with Crippen molar-refractivity contribution in [3.8, 4) is 5.75 Å². The maximum atomic E-state index is 12.4. The molecule has 0 aliphatic heterocycles. The third kappa shape index (κ3) is 3.58. The first-order chi connectivity index (χ1) is 9.10. The maximum Gasteiger partial charge on any atom is 0.120 e. The van der Waals surface area contributed by atoms with Gasteiger partial charge in [0.2, 0.25) is 0 Å². The summed E-state index contributed by atoms with van der Waals surface area (Å²) in [6.07, 6.45) is 0. The van der Waals surface area contributed by atoms with Crippen molar-refractivity contribution in [2.75, 3.05) is 12.8 Å². The number of anilines is 1. The second-order valence-corrected chi connectivity index (χ2v) is 6.36. The molecule has 0 aliphatic carbocycles. The molecule has 2 N–H and O–H groups in total. The smallest absolute Gasteiger partial charge is 0.120 e. The average molecular weight is 340 g/mol. The van der Waals surface area contributed by atoms with Gasteiger partial charge in [0.1, 0.15) is 5.75 Å². The lowest BCUT2D eigenvalue weighted by Gasteiger charge is -2.08. The van der Waals surface area contributed by atoms with Crippen molar-refractivity contribution < 1.29 is 8.95 Å². The Hall–Kier alpha value is -1.33. The second kappa shape index (κ2) is 6.21. The minimum absolute atomic E-state index is 0.427. The number of rotatable bonds is 4. The highest BCUT2D eigenvalue weighted by Crippen LogP contribution is 2.25. The van der Waals surface area contributed by atoms with Gasteiger partial charge in [-0.25, -0.2) is 0 Å². The van der Waals surface area contributed by atoms with E-state index in [9.17, 15) is 4.21 Å². The van der Waals surface area contributed by atoms with Crippen molar-refractivity contribution in [3.05, 3.63) is 52.5 Å². The van der Waals surface area contributed by atoms with Crippen LogP contribution in [0.2, 0.25) is 0 Å². The summed E-state index contributed by atoms with van der Waals surface area (Å²) in [5, 5.41) is 0. The summed E-state index contributed by atoms with van der Waals surface area (Å²) in [5.41, 5.74) is 7.39. The fourth-order valence-electron chi connectivity index (χ4n) is 1.69. The Kier molecular flexibility index (Phi) is 4.61. The lowest BCUT2D eigenvalue weighted by atomic mass is 10.2. The van der Waals surface area contributed by atoms with Crippen LogP contribution in [0.4, 0.5) is 5.69 Å². The maximum absolute atomic E-state index is 12.4. The van der Waals surface area contributed by atoms with Gasteiger partial charge in [0.15, 0.2) is 0 Å². The Morgan fingerprint density at radius 2 is 2.05 bits per heavy atom. The molecule has 1 unspecified atom stereocenters. The molecule has 1 atom stereocenters. The molecule has 0 spiro atoms. The molecule has 0 fully saturated rings. The van der Waals surface area contributed by atoms with Gasteiger partial charge < -0.3 is 10.5 Å². The van der Waals surface area contributed by atoms with Crippen LogP contribution in [0, 0.1) is 0 Å². The largest absolute Gasteiger partial charge is 0.497 e. The molecule has 2 aromatic carbocycles. The van der Waals surface area contributed by atoms with E-state index in [0.717, 1.165) is 10.0 Å². The Labute approximate surface area is 123 Å². The lowest BCUT2D eigenvalue weighted by Crippen LogP contribution is -2.01. The SMILES string of the molecule is COc1ccc(N)c(S(=O)Cc2cccc(Br)c2)c1. The standard InChI is InChI=1S/C14H14BrNO2S/c1-18-12-5-6-13(16)14(8-12)19(17)9-10-3-2-4-11(15)7-10/h2-8H,9,16H2,1H3. The van der Waals surface area contributed by atoms with Gasteiger partial charge in [-0.2, -0.15) is 0 Å². The first-order valence-electron chi connectivity index (χ1n) is 5.66. The van der Waals surface area contributed by atoms with Crippen LogP contribution >= 0.6 is 15.9 Å². The van der Waals surface area contributed by atoms with Crippen LogP contribution in [0.1, 0.15) is 5.56 Å². The Morgan fingerprint density at radius 3 is 2.74 bits per heavy atom. The summed E-state index contributed by atoms with van der Waals surface area (Å²) >= 11 is 3.40. The number of methoxy groups -OCH3 is 1. The summed E-state index contributed by atoms with van der Waals surface area (Å²) in [5.74, 6) is 1.09. The molecule has 0 saturated heterocycles. The number of nitrogen functional groups attached to an aromatic ring is 1. The second-order valence-electron chi connectivity index (χ2n) is 4.02. The van der Waals surface area contributed by atoms with E-state index in [-0.39, 0.29) is 0 Å². The lowest BCUT2D eigenvalue weighted by molar-refractivity contribution is 0.413. The fourth-order valence-corrected chi connectivity index (χ4v) is 3.36. The van der Waals surface area contributed by atoms with Gasteiger partial charge in [-0.3, -0.25) is 4.21 Å². The fraction of sp³-hybridized carbons (Fsp3) is 0.143. The number of hydrogen-bond acceptors (Lipinski definition) is 3. The van der Waals surface area contributed by atoms with E-state index in [0.29, 0.717) is 22.1 Å². The highest BCUT2D eigenvalue weighted by Gasteiger charge is 2.10. The predicted octanol–water partition coefficient (Wildman–Crippen LogP) is 3.35. The molecule has 0 amide bonds. The van der Waals surface area contributed by atoms with E-state index < -0.39 is 10.8 Å². The van der Waals surface area contributed by atoms with Gasteiger partial charge >= 0.3 is 0 Å². The molecule has 0 bridgehead atoms. The van der Waals surface area contributed by atoms with Crippen LogP contribution < -0.4 is 10.5 Å². The summed E-state index contributed by atoms with van der Waals surface area (Å²) < 4.78 is 18.5. The Balaban J connectivity index is 2.25. The van der Waals surface area contributed by atoms with Crippen molar-refractivity contribution in [1.29, 1.82) is 0 Å². The average Bonchev–Trinajstić information content (AvgIpc) is 2.39. The zero-order chi connectivity index (χ0) is 13.8. The molecule has 0 heterocycles. The van der Waals surface area contributed by atoms with E-state index in [2.05, 4.69) is 15.9 Å². The topological polar surface area (TPSA) is 52.3 Å². The van der Waals surface area contributed by atoms with Crippen molar-refractivity contribution in [2.24, 2.45) is 0 Å². The summed E-state index contributed by atoms with van der Waals surface area (Å²) in [7, 11) is 0.384. The highest BCUT2D eigenvalue weighted by atomic mass is 79.9. The van der Waals surface area contributed by atoms with Crippen molar-refractivity contribution in [2.45, 2.75) is 10.6 Å². The van der Waals surface area contributed by atoms with Crippen LogP contribution in [0.15, 0.2) is 51.8 Å². The van der Waals surface area contributed by atoms with E-state index >= 15 is 0 Å². The zero-order valence-electron chi connectivity index (χ0n) is 10.4. The van der Waals surface area contributed by atoms with Gasteiger partial charge in [-0.1, -0.05) is 28.1 Å². The van der Waals surface area contributed by atoms with E-state index in [1.165, 1.54) is 0 Å². The molecule has 0 aliphatic rings. The molecule has 19 heavy (non-hydrogen) atoms. The molecule has 5 heteroatoms. The van der Waals surface area contributed by atoms with E-state index in [4.69, 9.17) is 10.5 Å². The van der Waals surface area contributed by atoms with Crippen LogP contribution in [-0.2, 0) is 16.6 Å². The van der Waals surface area contributed by atoms with E-state index in [1.807, 2.05) is 24.3 Å². The zero-order valence-corrected chi connectivity index (χ0v) is 12.8.